The Morgan fingerprint density at radius 3 is 2.90 bits per heavy atom. The average Bonchev–Trinajstić information content (AvgIpc) is 3.40. The van der Waals surface area contributed by atoms with E-state index in [1.807, 2.05) is 12.4 Å². The summed E-state index contributed by atoms with van der Waals surface area (Å²) in [6.07, 6.45) is 12.4. The van der Waals surface area contributed by atoms with Gasteiger partial charge in [-0.25, -0.2) is 4.98 Å². The number of carbonyl (C=O) groups is 1. The van der Waals surface area contributed by atoms with Gasteiger partial charge in [-0.1, -0.05) is 31.1 Å². The molecule has 30 heavy (non-hydrogen) atoms. The summed E-state index contributed by atoms with van der Waals surface area (Å²) in [6.45, 7) is 6.25. The topological polar surface area (TPSA) is 65.1 Å². The van der Waals surface area contributed by atoms with Crippen LogP contribution < -0.4 is 4.90 Å². The first-order valence-electron chi connectivity index (χ1n) is 11.0. The molecule has 3 aromatic heterocycles. The molecule has 0 spiro atoms. The molecule has 1 aliphatic heterocycles. The molecule has 0 radical (unpaired) electrons. The third-order valence-corrected chi connectivity index (χ3v) is 7.16. The first-order chi connectivity index (χ1) is 14.6. The zero-order valence-corrected chi connectivity index (χ0v) is 18.7. The van der Waals surface area contributed by atoms with Crippen molar-refractivity contribution in [1.82, 2.24) is 19.9 Å². The number of unbranched alkanes of at least 4 members (excludes halogenated alkanes) is 1. The van der Waals surface area contributed by atoms with Crippen molar-refractivity contribution in [3.8, 4) is 0 Å². The van der Waals surface area contributed by atoms with Gasteiger partial charge in [-0.15, -0.1) is 0 Å². The van der Waals surface area contributed by atoms with Crippen molar-refractivity contribution in [2.24, 2.45) is 5.92 Å². The highest BCUT2D eigenvalue weighted by Crippen LogP contribution is 2.29. The van der Waals surface area contributed by atoms with Crippen molar-refractivity contribution in [2.45, 2.75) is 39.0 Å². The van der Waals surface area contributed by atoms with Crippen LogP contribution in [-0.4, -0.2) is 58.9 Å². The number of hydrogen-bond donors (Lipinski definition) is 1. The monoisotopic (exact) mass is 425 g/mol. The van der Waals surface area contributed by atoms with Gasteiger partial charge in [-0.2, -0.15) is 0 Å². The minimum atomic E-state index is 0.232. The number of aromatic nitrogens is 3. The maximum atomic E-state index is 13.1. The molecule has 0 amide bonds. The predicted molar refractivity (Wildman–Crippen MR) is 124 cm³/mol. The van der Waals surface area contributed by atoms with E-state index in [1.54, 1.807) is 17.5 Å². The van der Waals surface area contributed by atoms with Crippen LogP contribution in [0, 0.1) is 5.92 Å². The smallest absolute Gasteiger partial charge is 0.186 e. The number of anilines is 1. The molecule has 1 aliphatic rings. The lowest BCUT2D eigenvalue weighted by atomic mass is 9.89. The van der Waals surface area contributed by atoms with Gasteiger partial charge in [0, 0.05) is 50.4 Å². The summed E-state index contributed by atoms with van der Waals surface area (Å²) in [5.41, 5.74) is 2.34. The predicted octanol–water partition coefficient (Wildman–Crippen LogP) is 4.39. The highest BCUT2D eigenvalue weighted by atomic mass is 32.1. The lowest BCUT2D eigenvalue weighted by molar-refractivity contribution is 0.0962. The summed E-state index contributed by atoms with van der Waals surface area (Å²) in [6, 6.07) is 2.06. The molecule has 1 fully saturated rings. The van der Waals surface area contributed by atoms with E-state index in [2.05, 4.69) is 51.0 Å². The van der Waals surface area contributed by atoms with Gasteiger partial charge < -0.3 is 14.8 Å². The molecule has 7 heteroatoms. The summed E-state index contributed by atoms with van der Waals surface area (Å²) in [4.78, 5) is 30.6. The maximum Gasteiger partial charge on any atom is 0.186 e. The standard InChI is InChI=1S/C23H31N5OS/c1-3-4-5-17(12-18-14-25-20-15-24-7-6-19(18)20)13-21(29)22-16-26-23(30-22)28-10-8-27(2)9-11-28/h6-7,14-17,25H,3-5,8-13H2,1-2H3. The first kappa shape index (κ1) is 21.0. The molecule has 1 saturated heterocycles. The van der Waals surface area contributed by atoms with E-state index in [0.29, 0.717) is 12.3 Å². The second kappa shape index (κ2) is 9.71. The van der Waals surface area contributed by atoms with Crippen LogP contribution in [0.25, 0.3) is 10.9 Å². The number of ketones is 1. The molecule has 4 rings (SSSR count). The van der Waals surface area contributed by atoms with Crippen LogP contribution in [-0.2, 0) is 6.42 Å². The maximum absolute atomic E-state index is 13.1. The van der Waals surface area contributed by atoms with Gasteiger partial charge in [-0.3, -0.25) is 9.78 Å². The number of hydrogen-bond acceptors (Lipinski definition) is 6. The number of likely N-dealkylation sites (N-methyl/N-ethyl adjacent to an activating group) is 1. The molecule has 3 aromatic rings. The van der Waals surface area contributed by atoms with Crippen LogP contribution in [0.3, 0.4) is 0 Å². The van der Waals surface area contributed by atoms with Crippen molar-refractivity contribution in [3.05, 3.63) is 41.3 Å². The van der Waals surface area contributed by atoms with E-state index < -0.39 is 0 Å². The molecule has 0 aliphatic carbocycles. The molecule has 160 valence electrons. The normalized spacial score (nSPS) is 16.3. The third-order valence-electron chi connectivity index (χ3n) is 6.06. The van der Waals surface area contributed by atoms with E-state index in [4.69, 9.17) is 0 Å². The van der Waals surface area contributed by atoms with Crippen molar-refractivity contribution >= 4 is 33.2 Å². The largest absolute Gasteiger partial charge is 0.360 e. The minimum absolute atomic E-state index is 0.232. The van der Waals surface area contributed by atoms with E-state index in [9.17, 15) is 4.79 Å². The van der Waals surface area contributed by atoms with Crippen molar-refractivity contribution in [2.75, 3.05) is 38.1 Å². The zero-order chi connectivity index (χ0) is 20.9. The van der Waals surface area contributed by atoms with E-state index >= 15 is 0 Å². The molecule has 1 atom stereocenters. The highest BCUT2D eigenvalue weighted by molar-refractivity contribution is 7.17. The van der Waals surface area contributed by atoms with Crippen molar-refractivity contribution in [3.63, 3.8) is 0 Å². The Morgan fingerprint density at radius 2 is 2.10 bits per heavy atom. The van der Waals surface area contributed by atoms with Crippen LogP contribution in [0.15, 0.2) is 30.9 Å². The molecule has 1 N–H and O–H groups in total. The number of H-pyrrole nitrogens is 1. The summed E-state index contributed by atoms with van der Waals surface area (Å²) < 4.78 is 0. The summed E-state index contributed by atoms with van der Waals surface area (Å²) in [7, 11) is 2.15. The zero-order valence-electron chi connectivity index (χ0n) is 17.9. The van der Waals surface area contributed by atoms with E-state index in [0.717, 1.165) is 67.4 Å². The summed E-state index contributed by atoms with van der Waals surface area (Å²) >= 11 is 1.56. The molecular weight excluding hydrogens is 394 g/mol. The van der Waals surface area contributed by atoms with Gasteiger partial charge in [-0.05, 0) is 37.4 Å². The van der Waals surface area contributed by atoms with Gasteiger partial charge in [0.1, 0.15) is 0 Å². The highest BCUT2D eigenvalue weighted by Gasteiger charge is 2.22. The second-order valence-corrected chi connectivity index (χ2v) is 9.38. The number of pyridine rings is 1. The summed E-state index contributed by atoms with van der Waals surface area (Å²) in [5.74, 6) is 0.578. The number of piperazine rings is 1. The Morgan fingerprint density at radius 1 is 1.27 bits per heavy atom. The Bertz CT molecular complexity index is 973. The number of thiazole rings is 1. The number of Topliss-reactive ketones (excluding diaryl/α,β-unsaturated/α-hetero) is 1. The Hall–Kier alpha value is -2.25. The van der Waals surface area contributed by atoms with Crippen molar-refractivity contribution in [1.29, 1.82) is 0 Å². The third kappa shape index (κ3) is 4.90. The molecular formula is C23H31N5OS. The fourth-order valence-corrected chi connectivity index (χ4v) is 5.10. The molecule has 6 nitrogen and oxygen atoms in total. The summed E-state index contributed by atoms with van der Waals surface area (Å²) in [5, 5.41) is 2.20. The lowest BCUT2D eigenvalue weighted by Crippen LogP contribution is -2.44. The quantitative estimate of drug-likeness (QED) is 0.515. The number of nitrogens with zero attached hydrogens (tertiary/aromatic N) is 4. The van der Waals surface area contributed by atoms with E-state index in [-0.39, 0.29) is 5.78 Å². The number of carbonyl (C=O) groups excluding carboxylic acids is 1. The Labute approximate surface area is 182 Å². The van der Waals surface area contributed by atoms with Gasteiger partial charge in [0.15, 0.2) is 10.9 Å². The first-order valence-corrected chi connectivity index (χ1v) is 11.8. The van der Waals surface area contributed by atoms with Crippen LogP contribution >= 0.6 is 11.3 Å². The molecule has 0 saturated carbocycles. The minimum Gasteiger partial charge on any atom is -0.360 e. The number of rotatable bonds is 9. The SMILES string of the molecule is CCCCC(CC(=O)c1cnc(N2CCN(C)CC2)s1)Cc1c[nH]c2cnccc12. The van der Waals surface area contributed by atoms with Crippen LogP contribution in [0.4, 0.5) is 5.13 Å². The van der Waals surface area contributed by atoms with E-state index in [1.165, 1.54) is 10.9 Å². The molecule has 0 bridgehead atoms. The number of nitrogens with one attached hydrogen (secondary N) is 1. The van der Waals surface area contributed by atoms with Gasteiger partial charge >= 0.3 is 0 Å². The number of aromatic amines is 1. The Balaban J connectivity index is 1.43. The van der Waals surface area contributed by atoms with Crippen molar-refractivity contribution < 1.29 is 4.79 Å². The lowest BCUT2D eigenvalue weighted by Gasteiger charge is -2.32. The Kier molecular flexibility index (Phi) is 6.79. The van der Waals surface area contributed by atoms with Gasteiger partial charge in [0.2, 0.25) is 0 Å². The van der Waals surface area contributed by atoms with Crippen LogP contribution in [0.2, 0.25) is 0 Å². The van der Waals surface area contributed by atoms with Gasteiger partial charge in [0.05, 0.1) is 22.8 Å². The number of fused-ring (bicyclic) bond motifs is 1. The van der Waals surface area contributed by atoms with Crippen LogP contribution in [0.1, 0.15) is 47.8 Å². The fourth-order valence-electron chi connectivity index (χ4n) is 4.18. The van der Waals surface area contributed by atoms with Crippen LogP contribution in [0.5, 0.6) is 0 Å². The fraction of sp³-hybridized carbons (Fsp3) is 0.522. The molecule has 1 unspecified atom stereocenters. The average molecular weight is 426 g/mol. The molecule has 4 heterocycles. The molecule has 0 aromatic carbocycles. The second-order valence-electron chi connectivity index (χ2n) is 8.37. The van der Waals surface area contributed by atoms with Gasteiger partial charge in [0.25, 0.3) is 0 Å².